The molecule has 1 aromatic heterocycles. The smallest absolute Gasteiger partial charge is 0.274 e. The van der Waals surface area contributed by atoms with Gasteiger partial charge in [-0.25, -0.2) is 4.68 Å². The van der Waals surface area contributed by atoms with Crippen LogP contribution in [0.5, 0.6) is 0 Å². The Morgan fingerprint density at radius 2 is 1.77 bits per heavy atom. The van der Waals surface area contributed by atoms with E-state index in [1.807, 2.05) is 46.0 Å². The summed E-state index contributed by atoms with van der Waals surface area (Å²) in [6, 6.07) is 12.0. The SMILES string of the molecule is O=C(c1cc(C2CC2)n(-c2ccccc2)n1)N1CCC2(CC1)OCCO2. The van der Waals surface area contributed by atoms with Crippen LogP contribution in [-0.4, -0.2) is 52.7 Å². The molecule has 1 spiro atoms. The van der Waals surface area contributed by atoms with Crippen LogP contribution < -0.4 is 0 Å². The lowest BCUT2D eigenvalue weighted by molar-refractivity contribution is -0.181. The van der Waals surface area contributed by atoms with Gasteiger partial charge in [-0.05, 0) is 31.0 Å². The lowest BCUT2D eigenvalue weighted by Gasteiger charge is -2.37. The molecule has 3 heterocycles. The minimum Gasteiger partial charge on any atom is -0.347 e. The van der Waals surface area contributed by atoms with Crippen molar-refractivity contribution in [3.05, 3.63) is 47.8 Å². The molecule has 3 aliphatic rings. The first-order valence-corrected chi connectivity index (χ1v) is 9.47. The molecule has 6 nitrogen and oxygen atoms in total. The van der Waals surface area contributed by atoms with E-state index in [0.717, 1.165) is 24.2 Å². The molecule has 6 heteroatoms. The number of hydrogen-bond donors (Lipinski definition) is 0. The maximum atomic E-state index is 13.0. The molecular weight excluding hydrogens is 330 g/mol. The van der Waals surface area contributed by atoms with Crippen LogP contribution in [0.15, 0.2) is 36.4 Å². The number of piperidine rings is 1. The first-order chi connectivity index (χ1) is 12.7. The van der Waals surface area contributed by atoms with Crippen LogP contribution in [0.4, 0.5) is 0 Å². The van der Waals surface area contributed by atoms with Crippen molar-refractivity contribution >= 4 is 5.91 Å². The number of benzene rings is 1. The Morgan fingerprint density at radius 3 is 2.42 bits per heavy atom. The molecule has 0 bridgehead atoms. The van der Waals surface area contributed by atoms with E-state index in [9.17, 15) is 4.79 Å². The van der Waals surface area contributed by atoms with Crippen LogP contribution in [0, 0.1) is 0 Å². The predicted octanol–water partition coefficient (Wildman–Crippen LogP) is 2.73. The van der Waals surface area contributed by atoms with Crippen molar-refractivity contribution in [1.29, 1.82) is 0 Å². The minimum absolute atomic E-state index is 0.00873. The molecule has 2 aromatic rings. The second-order valence-electron chi connectivity index (χ2n) is 7.38. The molecule has 2 saturated heterocycles. The Labute approximate surface area is 152 Å². The van der Waals surface area contributed by atoms with Gasteiger partial charge in [0.2, 0.25) is 0 Å². The number of ether oxygens (including phenoxy) is 2. The summed E-state index contributed by atoms with van der Waals surface area (Å²) in [6.07, 6.45) is 3.81. The van der Waals surface area contributed by atoms with Crippen LogP contribution >= 0.6 is 0 Å². The zero-order chi connectivity index (χ0) is 17.6. The van der Waals surface area contributed by atoms with Crippen molar-refractivity contribution in [3.63, 3.8) is 0 Å². The first-order valence-electron chi connectivity index (χ1n) is 9.47. The van der Waals surface area contributed by atoms with E-state index in [4.69, 9.17) is 9.47 Å². The molecule has 3 fully saturated rings. The second kappa shape index (κ2) is 6.21. The molecule has 1 amide bonds. The number of likely N-dealkylation sites (tertiary alicyclic amines) is 1. The molecule has 0 radical (unpaired) electrons. The van der Waals surface area contributed by atoms with Crippen molar-refractivity contribution in [2.24, 2.45) is 0 Å². The number of para-hydroxylation sites is 1. The Hall–Kier alpha value is -2.18. The quantitative estimate of drug-likeness (QED) is 0.851. The highest BCUT2D eigenvalue weighted by Gasteiger charge is 2.41. The van der Waals surface area contributed by atoms with E-state index < -0.39 is 5.79 Å². The molecule has 2 aliphatic heterocycles. The molecule has 1 saturated carbocycles. The number of amides is 1. The first kappa shape index (κ1) is 16.0. The van der Waals surface area contributed by atoms with E-state index in [-0.39, 0.29) is 5.91 Å². The van der Waals surface area contributed by atoms with Crippen LogP contribution in [-0.2, 0) is 9.47 Å². The fourth-order valence-corrected chi connectivity index (χ4v) is 3.94. The molecule has 5 rings (SSSR count). The zero-order valence-electron chi connectivity index (χ0n) is 14.8. The summed E-state index contributed by atoms with van der Waals surface area (Å²) < 4.78 is 13.5. The second-order valence-corrected chi connectivity index (χ2v) is 7.38. The molecule has 136 valence electrons. The van der Waals surface area contributed by atoms with E-state index in [1.165, 1.54) is 12.8 Å². The average Bonchev–Trinajstić information content (AvgIpc) is 3.28. The normalized spacial score (nSPS) is 22.1. The fourth-order valence-electron chi connectivity index (χ4n) is 3.94. The Bertz CT molecular complexity index is 797. The third-order valence-corrected chi connectivity index (χ3v) is 5.58. The van der Waals surface area contributed by atoms with E-state index in [1.54, 1.807) is 0 Å². The fraction of sp³-hybridized carbons (Fsp3) is 0.500. The molecular formula is C20H23N3O3. The van der Waals surface area contributed by atoms with Gasteiger partial charge >= 0.3 is 0 Å². The summed E-state index contributed by atoms with van der Waals surface area (Å²) in [4.78, 5) is 14.9. The average molecular weight is 353 g/mol. The van der Waals surface area contributed by atoms with E-state index in [2.05, 4.69) is 5.10 Å². The van der Waals surface area contributed by atoms with E-state index in [0.29, 0.717) is 37.9 Å². The van der Waals surface area contributed by atoms with Crippen molar-refractivity contribution < 1.29 is 14.3 Å². The third-order valence-electron chi connectivity index (χ3n) is 5.58. The zero-order valence-corrected chi connectivity index (χ0v) is 14.8. The molecule has 0 atom stereocenters. The van der Waals surface area contributed by atoms with Gasteiger partial charge in [-0.15, -0.1) is 0 Å². The summed E-state index contributed by atoms with van der Waals surface area (Å²) in [5, 5.41) is 4.67. The van der Waals surface area contributed by atoms with Gasteiger partial charge in [0, 0.05) is 37.5 Å². The summed E-state index contributed by atoms with van der Waals surface area (Å²) in [5.74, 6) is 0.0721. The van der Waals surface area contributed by atoms with Crippen LogP contribution in [0.2, 0.25) is 0 Å². The summed E-state index contributed by atoms with van der Waals surface area (Å²) in [6.45, 7) is 2.60. The van der Waals surface area contributed by atoms with Crippen molar-refractivity contribution in [2.45, 2.75) is 37.4 Å². The van der Waals surface area contributed by atoms with Crippen molar-refractivity contribution in [3.8, 4) is 5.69 Å². The topological polar surface area (TPSA) is 56.6 Å². The number of rotatable bonds is 3. The number of nitrogens with zero attached hydrogens (tertiary/aromatic N) is 3. The van der Waals surface area contributed by atoms with Gasteiger partial charge in [-0.1, -0.05) is 18.2 Å². The highest BCUT2D eigenvalue weighted by Crippen LogP contribution is 2.41. The summed E-state index contributed by atoms with van der Waals surface area (Å²) >= 11 is 0. The number of carbonyl (C=O) groups excluding carboxylic acids is 1. The molecule has 0 unspecified atom stereocenters. The van der Waals surface area contributed by atoms with E-state index >= 15 is 0 Å². The van der Waals surface area contributed by atoms with Crippen LogP contribution in [0.25, 0.3) is 5.69 Å². The molecule has 1 aliphatic carbocycles. The summed E-state index contributed by atoms with van der Waals surface area (Å²) in [5.41, 5.74) is 2.70. The predicted molar refractivity (Wildman–Crippen MR) is 95.3 cm³/mol. The van der Waals surface area contributed by atoms with Gasteiger partial charge in [-0.3, -0.25) is 4.79 Å². The molecule has 1 aromatic carbocycles. The largest absolute Gasteiger partial charge is 0.347 e. The van der Waals surface area contributed by atoms with Crippen molar-refractivity contribution in [1.82, 2.24) is 14.7 Å². The van der Waals surface area contributed by atoms with Crippen LogP contribution in [0.3, 0.4) is 0 Å². The highest BCUT2D eigenvalue weighted by molar-refractivity contribution is 5.92. The van der Waals surface area contributed by atoms with Gasteiger partial charge in [0.15, 0.2) is 11.5 Å². The van der Waals surface area contributed by atoms with Gasteiger partial charge in [0.05, 0.1) is 18.9 Å². The highest BCUT2D eigenvalue weighted by atomic mass is 16.7. The maximum absolute atomic E-state index is 13.0. The molecule has 26 heavy (non-hydrogen) atoms. The number of carbonyl (C=O) groups is 1. The third kappa shape index (κ3) is 2.83. The number of hydrogen-bond acceptors (Lipinski definition) is 4. The van der Waals surface area contributed by atoms with Gasteiger partial charge < -0.3 is 14.4 Å². The maximum Gasteiger partial charge on any atom is 0.274 e. The van der Waals surface area contributed by atoms with Gasteiger partial charge in [-0.2, -0.15) is 5.10 Å². The Morgan fingerprint density at radius 1 is 1.08 bits per heavy atom. The molecule has 0 N–H and O–H groups in total. The monoisotopic (exact) mass is 353 g/mol. The minimum atomic E-state index is -0.459. The van der Waals surface area contributed by atoms with Crippen LogP contribution in [0.1, 0.15) is 47.8 Å². The van der Waals surface area contributed by atoms with Crippen molar-refractivity contribution in [2.75, 3.05) is 26.3 Å². The van der Waals surface area contributed by atoms with Gasteiger partial charge in [0.1, 0.15) is 0 Å². The van der Waals surface area contributed by atoms with Gasteiger partial charge in [0.25, 0.3) is 5.91 Å². The Balaban J connectivity index is 1.37. The summed E-state index contributed by atoms with van der Waals surface area (Å²) in [7, 11) is 0. The lowest BCUT2D eigenvalue weighted by atomic mass is 10.0. The lowest BCUT2D eigenvalue weighted by Crippen LogP contribution is -2.47. The Kier molecular flexibility index (Phi) is 3.83. The number of aromatic nitrogens is 2. The standard InChI is InChI=1S/C20H23N3O3/c24-19(22-10-8-20(9-11-22)25-12-13-26-20)17-14-18(15-6-7-15)23(21-17)16-4-2-1-3-5-16/h1-5,14-15H,6-13H2.